The van der Waals surface area contributed by atoms with Gasteiger partial charge in [0.2, 0.25) is 0 Å². The first-order valence-corrected chi connectivity index (χ1v) is 9.20. The van der Waals surface area contributed by atoms with E-state index in [1.54, 1.807) is 43.3 Å². The summed E-state index contributed by atoms with van der Waals surface area (Å²) < 4.78 is 18.9. The molecular weight excluding hydrogens is 395 g/mol. The van der Waals surface area contributed by atoms with Gasteiger partial charge in [-0.2, -0.15) is 0 Å². The SMILES string of the molecule is C[C@@H](Oc1ccccc1C(=O)Nc1ccccc1)C(=O)Nc1ccc(F)cc1Cl. The van der Waals surface area contributed by atoms with Crippen molar-refractivity contribution in [2.45, 2.75) is 13.0 Å². The van der Waals surface area contributed by atoms with Gasteiger partial charge in [0.1, 0.15) is 11.6 Å². The van der Waals surface area contributed by atoms with E-state index in [0.29, 0.717) is 5.69 Å². The van der Waals surface area contributed by atoms with E-state index in [0.717, 1.165) is 6.07 Å². The molecule has 1 atom stereocenters. The van der Waals surface area contributed by atoms with Crippen LogP contribution in [0, 0.1) is 5.82 Å². The number of ether oxygens (including phenoxy) is 1. The molecule has 0 aliphatic carbocycles. The number of rotatable bonds is 6. The Labute approximate surface area is 172 Å². The van der Waals surface area contributed by atoms with Gasteiger partial charge >= 0.3 is 0 Å². The Hall–Kier alpha value is -3.38. The molecule has 0 saturated heterocycles. The lowest BCUT2D eigenvalue weighted by molar-refractivity contribution is -0.122. The number of hydrogen-bond donors (Lipinski definition) is 2. The monoisotopic (exact) mass is 412 g/mol. The number of amides is 2. The zero-order valence-corrected chi connectivity index (χ0v) is 16.2. The second kappa shape index (κ2) is 9.21. The molecule has 0 saturated carbocycles. The summed E-state index contributed by atoms with van der Waals surface area (Å²) in [6.07, 6.45) is -0.929. The van der Waals surface area contributed by atoms with E-state index in [-0.39, 0.29) is 27.9 Å². The van der Waals surface area contributed by atoms with Gasteiger partial charge in [-0.25, -0.2) is 4.39 Å². The number of nitrogens with one attached hydrogen (secondary N) is 2. The van der Waals surface area contributed by atoms with Crippen molar-refractivity contribution in [3.8, 4) is 5.75 Å². The Morgan fingerprint density at radius 2 is 1.66 bits per heavy atom. The maximum Gasteiger partial charge on any atom is 0.265 e. The van der Waals surface area contributed by atoms with E-state index in [2.05, 4.69) is 10.6 Å². The summed E-state index contributed by atoms with van der Waals surface area (Å²) in [6, 6.07) is 19.3. The highest BCUT2D eigenvalue weighted by Gasteiger charge is 2.20. The second-order valence-electron chi connectivity index (χ2n) is 6.19. The molecular formula is C22H18ClFN2O3. The van der Waals surface area contributed by atoms with Gasteiger partial charge in [-0.15, -0.1) is 0 Å². The van der Waals surface area contributed by atoms with E-state index in [1.165, 1.54) is 12.1 Å². The van der Waals surface area contributed by atoms with Gasteiger partial charge in [0.15, 0.2) is 6.10 Å². The molecule has 2 amide bonds. The van der Waals surface area contributed by atoms with Gasteiger partial charge < -0.3 is 15.4 Å². The number of carbonyl (C=O) groups is 2. The van der Waals surface area contributed by atoms with Gasteiger partial charge in [-0.3, -0.25) is 9.59 Å². The average molecular weight is 413 g/mol. The standard InChI is InChI=1S/C22H18ClFN2O3/c1-14(21(27)26-19-12-11-15(24)13-18(19)23)29-20-10-6-5-9-17(20)22(28)25-16-7-3-2-4-8-16/h2-14H,1H3,(H,25,28)(H,26,27)/t14-/m1/s1. The predicted octanol–water partition coefficient (Wildman–Crippen LogP) is 5.14. The highest BCUT2D eigenvalue weighted by molar-refractivity contribution is 6.33. The fourth-order valence-corrected chi connectivity index (χ4v) is 2.76. The quantitative estimate of drug-likeness (QED) is 0.589. The van der Waals surface area contributed by atoms with E-state index >= 15 is 0 Å². The third-order valence-electron chi connectivity index (χ3n) is 4.03. The summed E-state index contributed by atoms with van der Waals surface area (Å²) in [5.41, 5.74) is 1.20. The maximum absolute atomic E-state index is 13.1. The van der Waals surface area contributed by atoms with Crippen LogP contribution in [0.15, 0.2) is 72.8 Å². The molecule has 0 spiro atoms. The number of hydrogen-bond acceptors (Lipinski definition) is 3. The average Bonchev–Trinajstić information content (AvgIpc) is 2.71. The lowest BCUT2D eigenvalue weighted by Gasteiger charge is -2.17. The Morgan fingerprint density at radius 1 is 0.966 bits per heavy atom. The normalized spacial score (nSPS) is 11.4. The van der Waals surface area contributed by atoms with E-state index in [9.17, 15) is 14.0 Å². The van der Waals surface area contributed by atoms with Gasteiger partial charge in [-0.05, 0) is 49.4 Å². The van der Waals surface area contributed by atoms with E-state index < -0.39 is 17.8 Å². The summed E-state index contributed by atoms with van der Waals surface area (Å²) in [4.78, 5) is 25.0. The van der Waals surface area contributed by atoms with Gasteiger partial charge in [0, 0.05) is 5.69 Å². The highest BCUT2D eigenvalue weighted by atomic mass is 35.5. The third kappa shape index (κ3) is 5.33. The van der Waals surface area contributed by atoms with Gasteiger partial charge in [0.25, 0.3) is 11.8 Å². The second-order valence-corrected chi connectivity index (χ2v) is 6.60. The molecule has 0 radical (unpaired) electrons. The number of halogens is 2. The molecule has 0 aromatic heterocycles. The fraction of sp³-hybridized carbons (Fsp3) is 0.0909. The van der Waals surface area contributed by atoms with Crippen LogP contribution in [-0.2, 0) is 4.79 Å². The minimum atomic E-state index is -0.929. The summed E-state index contributed by atoms with van der Waals surface area (Å²) in [7, 11) is 0. The zero-order chi connectivity index (χ0) is 20.8. The van der Waals surface area contributed by atoms with Crippen molar-refractivity contribution >= 4 is 34.8 Å². The topological polar surface area (TPSA) is 67.4 Å². The number of anilines is 2. The summed E-state index contributed by atoms with van der Waals surface area (Å²) in [5, 5.41) is 5.44. The Kier molecular flexibility index (Phi) is 6.46. The smallest absolute Gasteiger partial charge is 0.265 e. The number of para-hydroxylation sites is 2. The van der Waals surface area contributed by atoms with Crippen LogP contribution in [0.3, 0.4) is 0 Å². The van der Waals surface area contributed by atoms with Crippen LogP contribution in [0.1, 0.15) is 17.3 Å². The first kappa shape index (κ1) is 20.4. The number of carbonyl (C=O) groups excluding carboxylic acids is 2. The minimum absolute atomic E-state index is 0.0770. The van der Waals surface area contributed by atoms with Crippen molar-refractivity contribution in [2.75, 3.05) is 10.6 Å². The molecule has 3 aromatic carbocycles. The Morgan fingerprint density at radius 3 is 2.38 bits per heavy atom. The van der Waals surface area contributed by atoms with Crippen molar-refractivity contribution in [1.29, 1.82) is 0 Å². The Bertz CT molecular complexity index is 1030. The van der Waals surface area contributed by atoms with Crippen molar-refractivity contribution < 1.29 is 18.7 Å². The Balaban J connectivity index is 1.71. The lowest BCUT2D eigenvalue weighted by Crippen LogP contribution is -2.31. The zero-order valence-electron chi connectivity index (χ0n) is 15.5. The molecule has 0 heterocycles. The van der Waals surface area contributed by atoms with Crippen LogP contribution in [0.25, 0.3) is 0 Å². The summed E-state index contributed by atoms with van der Waals surface area (Å²) in [6.45, 7) is 1.54. The molecule has 148 valence electrons. The van der Waals surface area contributed by atoms with Crippen molar-refractivity contribution in [1.82, 2.24) is 0 Å². The highest BCUT2D eigenvalue weighted by Crippen LogP contribution is 2.24. The third-order valence-corrected chi connectivity index (χ3v) is 4.34. The van der Waals surface area contributed by atoms with Gasteiger partial charge in [0.05, 0.1) is 16.3 Å². The molecule has 2 N–H and O–H groups in total. The van der Waals surface area contributed by atoms with Crippen LogP contribution in [0.2, 0.25) is 5.02 Å². The van der Waals surface area contributed by atoms with Crippen molar-refractivity contribution in [3.05, 3.63) is 89.2 Å². The van der Waals surface area contributed by atoms with Crippen LogP contribution >= 0.6 is 11.6 Å². The van der Waals surface area contributed by atoms with Gasteiger partial charge in [-0.1, -0.05) is 41.9 Å². The van der Waals surface area contributed by atoms with E-state index in [1.807, 2.05) is 18.2 Å². The molecule has 29 heavy (non-hydrogen) atoms. The molecule has 5 nitrogen and oxygen atoms in total. The maximum atomic E-state index is 13.1. The fourth-order valence-electron chi connectivity index (χ4n) is 2.55. The van der Waals surface area contributed by atoms with Crippen LogP contribution in [0.5, 0.6) is 5.75 Å². The molecule has 3 rings (SSSR count). The first-order valence-electron chi connectivity index (χ1n) is 8.82. The summed E-state index contributed by atoms with van der Waals surface area (Å²) in [5.74, 6) is -1.10. The number of benzene rings is 3. The molecule has 0 unspecified atom stereocenters. The summed E-state index contributed by atoms with van der Waals surface area (Å²) >= 11 is 5.93. The van der Waals surface area contributed by atoms with Crippen LogP contribution in [-0.4, -0.2) is 17.9 Å². The lowest BCUT2D eigenvalue weighted by atomic mass is 10.1. The van der Waals surface area contributed by atoms with Crippen molar-refractivity contribution in [2.24, 2.45) is 0 Å². The minimum Gasteiger partial charge on any atom is -0.480 e. The first-order chi connectivity index (χ1) is 13.9. The van der Waals surface area contributed by atoms with Crippen LogP contribution < -0.4 is 15.4 Å². The molecule has 3 aromatic rings. The molecule has 0 aliphatic rings. The predicted molar refractivity (Wildman–Crippen MR) is 111 cm³/mol. The largest absolute Gasteiger partial charge is 0.480 e. The van der Waals surface area contributed by atoms with E-state index in [4.69, 9.17) is 16.3 Å². The molecule has 0 bridgehead atoms. The molecule has 0 fully saturated rings. The molecule has 7 heteroatoms. The van der Waals surface area contributed by atoms with Crippen LogP contribution in [0.4, 0.5) is 15.8 Å². The molecule has 0 aliphatic heterocycles. The van der Waals surface area contributed by atoms with Crippen molar-refractivity contribution in [3.63, 3.8) is 0 Å².